The van der Waals surface area contributed by atoms with Crippen molar-refractivity contribution in [1.29, 1.82) is 0 Å². The first kappa shape index (κ1) is 14.0. The number of halogens is 1. The van der Waals surface area contributed by atoms with E-state index in [4.69, 9.17) is 4.74 Å². The molecule has 0 saturated carbocycles. The highest BCUT2D eigenvalue weighted by atomic mass is 19.1. The topological polar surface area (TPSA) is 21.3 Å². The minimum Gasteiger partial charge on any atom is -0.489 e. The number of benzene rings is 1. The van der Waals surface area contributed by atoms with Crippen LogP contribution in [0, 0.1) is 5.82 Å². The molecule has 2 nitrogen and oxygen atoms in total. The van der Waals surface area contributed by atoms with E-state index in [1.807, 2.05) is 33.8 Å². The molecule has 1 atom stereocenters. The summed E-state index contributed by atoms with van der Waals surface area (Å²) in [4.78, 5) is 0. The third-order valence-corrected chi connectivity index (χ3v) is 2.58. The minimum absolute atomic E-state index is 0.0387. The Kier molecular flexibility index (Phi) is 5.42. The molecular weight excluding hydrogens is 217 g/mol. The van der Waals surface area contributed by atoms with Gasteiger partial charge in [0, 0.05) is 12.6 Å². The molecule has 0 radical (unpaired) electrons. The van der Waals surface area contributed by atoms with E-state index in [-0.39, 0.29) is 11.9 Å². The van der Waals surface area contributed by atoms with Crippen molar-refractivity contribution in [2.24, 2.45) is 0 Å². The molecule has 3 heteroatoms. The third-order valence-electron chi connectivity index (χ3n) is 2.58. The van der Waals surface area contributed by atoms with Crippen LogP contribution < -0.4 is 10.1 Å². The van der Waals surface area contributed by atoms with Gasteiger partial charge in [0.1, 0.15) is 17.7 Å². The molecule has 0 aliphatic carbocycles. The van der Waals surface area contributed by atoms with Gasteiger partial charge in [0.05, 0.1) is 0 Å². The second kappa shape index (κ2) is 6.60. The maximum atomic E-state index is 13.4. The summed E-state index contributed by atoms with van der Waals surface area (Å²) < 4.78 is 19.1. The van der Waals surface area contributed by atoms with Crippen molar-refractivity contribution in [3.63, 3.8) is 0 Å². The summed E-state index contributed by atoms with van der Waals surface area (Å²) in [5.41, 5.74) is 0.968. The van der Waals surface area contributed by atoms with Crippen LogP contribution in [0.5, 0.6) is 5.75 Å². The van der Waals surface area contributed by atoms with Crippen LogP contribution in [0.25, 0.3) is 0 Å². The number of nitrogens with one attached hydrogen (secondary N) is 1. The molecule has 0 aromatic heterocycles. The van der Waals surface area contributed by atoms with Gasteiger partial charge in [-0.25, -0.2) is 4.39 Å². The van der Waals surface area contributed by atoms with E-state index in [1.165, 1.54) is 6.07 Å². The molecule has 0 spiro atoms. The highest BCUT2D eigenvalue weighted by Gasteiger charge is 2.08. The maximum absolute atomic E-state index is 13.4. The average molecular weight is 239 g/mol. The van der Waals surface area contributed by atoms with Crippen molar-refractivity contribution in [1.82, 2.24) is 5.32 Å². The smallest absolute Gasteiger partial charge is 0.127 e. The van der Waals surface area contributed by atoms with Gasteiger partial charge in [0.25, 0.3) is 0 Å². The number of hydrogen-bond acceptors (Lipinski definition) is 2. The van der Waals surface area contributed by atoms with Crippen molar-refractivity contribution in [3.05, 3.63) is 29.6 Å². The van der Waals surface area contributed by atoms with Gasteiger partial charge in [-0.3, -0.25) is 0 Å². The largest absolute Gasteiger partial charge is 0.489 e. The summed E-state index contributed by atoms with van der Waals surface area (Å²) >= 11 is 0. The maximum Gasteiger partial charge on any atom is 0.127 e. The molecule has 0 amide bonds. The van der Waals surface area contributed by atoms with E-state index < -0.39 is 0 Å². The summed E-state index contributed by atoms with van der Waals surface area (Å²) in [6.45, 7) is 9.79. The highest BCUT2D eigenvalue weighted by Crippen LogP contribution is 2.23. The molecule has 0 fully saturated rings. The number of ether oxygens (including phenoxy) is 1. The van der Waals surface area contributed by atoms with E-state index in [2.05, 4.69) is 5.32 Å². The summed E-state index contributed by atoms with van der Waals surface area (Å²) in [5, 5.41) is 3.20. The number of likely N-dealkylation sites (N-methyl/N-ethyl adjacent to an activating group) is 1. The zero-order valence-electron chi connectivity index (χ0n) is 11.1. The summed E-state index contributed by atoms with van der Waals surface area (Å²) in [5.74, 6) is 0.679. The van der Waals surface area contributed by atoms with E-state index in [0.29, 0.717) is 11.7 Å². The molecule has 0 bridgehead atoms. The van der Waals surface area contributed by atoms with Crippen LogP contribution in [-0.2, 0) is 0 Å². The fourth-order valence-electron chi connectivity index (χ4n) is 1.61. The lowest BCUT2D eigenvalue weighted by Gasteiger charge is -2.16. The molecule has 1 N–H and O–H groups in total. The van der Waals surface area contributed by atoms with Crippen molar-refractivity contribution >= 4 is 0 Å². The zero-order chi connectivity index (χ0) is 12.8. The van der Waals surface area contributed by atoms with Crippen LogP contribution in [0.4, 0.5) is 4.39 Å². The Morgan fingerprint density at radius 1 is 1.24 bits per heavy atom. The molecular formula is C14H22FNO. The van der Waals surface area contributed by atoms with Gasteiger partial charge in [-0.15, -0.1) is 0 Å². The Bertz CT molecular complexity index is 352. The van der Waals surface area contributed by atoms with E-state index in [9.17, 15) is 4.39 Å². The van der Waals surface area contributed by atoms with Gasteiger partial charge >= 0.3 is 0 Å². The molecule has 0 unspecified atom stereocenters. The van der Waals surface area contributed by atoms with Crippen LogP contribution in [-0.4, -0.2) is 19.2 Å². The fraction of sp³-hybridized carbons (Fsp3) is 0.571. The Labute approximate surface area is 103 Å². The van der Waals surface area contributed by atoms with Crippen LogP contribution in [0.2, 0.25) is 0 Å². The second-order valence-electron chi connectivity index (χ2n) is 4.61. The van der Waals surface area contributed by atoms with Gasteiger partial charge in [0.15, 0.2) is 0 Å². The Morgan fingerprint density at radius 2 is 1.94 bits per heavy atom. The molecule has 1 rings (SSSR count). The standard InChI is InChI=1S/C14H22FNO/c1-5-16-9-11(4)17-14-7-12(10(2)3)6-13(15)8-14/h6-8,10-11,16H,5,9H2,1-4H3/t11-/m1/s1. The summed E-state index contributed by atoms with van der Waals surface area (Å²) in [6, 6.07) is 4.91. The van der Waals surface area contributed by atoms with Crippen LogP contribution >= 0.6 is 0 Å². The SMILES string of the molecule is CCNC[C@@H](C)Oc1cc(F)cc(C(C)C)c1. The lowest BCUT2D eigenvalue weighted by atomic mass is 10.0. The lowest BCUT2D eigenvalue weighted by molar-refractivity contribution is 0.217. The van der Waals surface area contributed by atoms with Crippen LogP contribution in [0.15, 0.2) is 18.2 Å². The van der Waals surface area contributed by atoms with Crippen molar-refractivity contribution in [3.8, 4) is 5.75 Å². The van der Waals surface area contributed by atoms with Gasteiger partial charge in [0.2, 0.25) is 0 Å². The Hall–Kier alpha value is -1.09. The molecule has 0 aliphatic heterocycles. The molecule has 1 aromatic rings. The zero-order valence-corrected chi connectivity index (χ0v) is 11.1. The monoisotopic (exact) mass is 239 g/mol. The van der Waals surface area contributed by atoms with Crippen molar-refractivity contribution in [2.75, 3.05) is 13.1 Å². The molecule has 1 aromatic carbocycles. The fourth-order valence-corrected chi connectivity index (χ4v) is 1.61. The quantitative estimate of drug-likeness (QED) is 0.822. The van der Waals surface area contributed by atoms with Gasteiger partial charge in [-0.05, 0) is 37.1 Å². The van der Waals surface area contributed by atoms with Gasteiger partial charge < -0.3 is 10.1 Å². The molecule has 0 saturated heterocycles. The predicted molar refractivity (Wildman–Crippen MR) is 69.1 cm³/mol. The minimum atomic E-state index is -0.234. The van der Waals surface area contributed by atoms with Crippen molar-refractivity contribution < 1.29 is 9.13 Å². The van der Waals surface area contributed by atoms with Crippen LogP contribution in [0.1, 0.15) is 39.2 Å². The lowest BCUT2D eigenvalue weighted by Crippen LogP contribution is -2.28. The van der Waals surface area contributed by atoms with E-state index >= 15 is 0 Å². The first-order chi connectivity index (χ1) is 8.02. The van der Waals surface area contributed by atoms with Crippen molar-refractivity contribution in [2.45, 2.75) is 39.7 Å². The van der Waals surface area contributed by atoms with E-state index in [1.54, 1.807) is 6.07 Å². The van der Waals surface area contributed by atoms with Gasteiger partial charge in [-0.2, -0.15) is 0 Å². The first-order valence-corrected chi connectivity index (χ1v) is 6.20. The average Bonchev–Trinajstić information content (AvgIpc) is 2.25. The van der Waals surface area contributed by atoms with Crippen LogP contribution in [0.3, 0.4) is 0 Å². The number of hydrogen-bond donors (Lipinski definition) is 1. The summed E-state index contributed by atoms with van der Waals surface area (Å²) in [6.07, 6.45) is 0.0387. The second-order valence-corrected chi connectivity index (χ2v) is 4.61. The normalized spacial score (nSPS) is 12.8. The summed E-state index contributed by atoms with van der Waals surface area (Å²) in [7, 11) is 0. The first-order valence-electron chi connectivity index (χ1n) is 6.20. The Morgan fingerprint density at radius 3 is 2.53 bits per heavy atom. The molecule has 17 heavy (non-hydrogen) atoms. The van der Waals surface area contributed by atoms with E-state index in [0.717, 1.165) is 18.7 Å². The highest BCUT2D eigenvalue weighted by molar-refractivity contribution is 5.31. The van der Waals surface area contributed by atoms with Gasteiger partial charge in [-0.1, -0.05) is 20.8 Å². The predicted octanol–water partition coefficient (Wildman–Crippen LogP) is 3.33. The molecule has 0 aliphatic rings. The molecule has 0 heterocycles. The Balaban J connectivity index is 2.70. The molecule has 96 valence electrons. The third kappa shape index (κ3) is 4.73. The number of rotatable bonds is 6.